The highest BCUT2D eigenvalue weighted by Gasteiger charge is 2.20. The zero-order valence-corrected chi connectivity index (χ0v) is 15.9. The number of aromatic carboxylic acids is 1. The van der Waals surface area contributed by atoms with E-state index in [9.17, 15) is 9.59 Å². The molecule has 20 heavy (non-hydrogen) atoms. The summed E-state index contributed by atoms with van der Waals surface area (Å²) < 4.78 is 3.68. The van der Waals surface area contributed by atoms with Crippen molar-refractivity contribution in [3.63, 3.8) is 0 Å². The summed E-state index contributed by atoms with van der Waals surface area (Å²) in [4.78, 5) is 23.2. The maximum Gasteiger partial charge on any atom is 0.343 e. The Bertz CT molecular complexity index is 711. The molecule has 2 heterocycles. The molecule has 0 spiro atoms. The first-order valence-corrected chi connectivity index (χ1v) is 5.73. The molecule has 0 atom stereocenters. The van der Waals surface area contributed by atoms with E-state index in [-0.39, 0.29) is 53.5 Å². The lowest BCUT2D eigenvalue weighted by Crippen LogP contribution is -3.00. The van der Waals surface area contributed by atoms with Crippen LogP contribution in [0.3, 0.4) is 0 Å². The van der Waals surface area contributed by atoms with Gasteiger partial charge in [0.2, 0.25) is 5.43 Å². The molecule has 110 valence electrons. The molecule has 0 aromatic carbocycles. The predicted octanol–water partition coefficient (Wildman–Crippen LogP) is -1.53. The summed E-state index contributed by atoms with van der Waals surface area (Å²) in [5.41, 5.74) is 1.13. The minimum Gasteiger partial charge on any atom is -1.00 e. The molecule has 7 heteroatoms. The van der Waals surface area contributed by atoms with E-state index in [1.54, 1.807) is 10.6 Å². The predicted molar refractivity (Wildman–Crippen MR) is 82.2 cm³/mol. The molecule has 0 aliphatic rings. The van der Waals surface area contributed by atoms with Gasteiger partial charge in [-0.25, -0.2) is 13.9 Å². The molecule has 0 amide bonds. The first-order chi connectivity index (χ1) is 8.47. The summed E-state index contributed by atoms with van der Waals surface area (Å²) in [6.45, 7) is 4.46. The van der Waals surface area contributed by atoms with Crippen molar-refractivity contribution in [1.82, 2.24) is 4.57 Å². The SMILES string of the molecule is CCn1cc(C(=O)O)c(=O)c2ccc(C)[n+](C)c21.I.[I-]. The van der Waals surface area contributed by atoms with Gasteiger partial charge >= 0.3 is 5.97 Å². The van der Waals surface area contributed by atoms with E-state index in [1.165, 1.54) is 6.20 Å². The van der Waals surface area contributed by atoms with Gasteiger partial charge in [0.05, 0.1) is 13.6 Å². The van der Waals surface area contributed by atoms with Gasteiger partial charge in [-0.3, -0.25) is 4.79 Å². The number of hydrogen-bond donors (Lipinski definition) is 1. The van der Waals surface area contributed by atoms with Crippen LogP contribution in [0.15, 0.2) is 23.1 Å². The Morgan fingerprint density at radius 3 is 2.50 bits per heavy atom. The van der Waals surface area contributed by atoms with Crippen LogP contribution < -0.4 is 34.0 Å². The first kappa shape index (κ1) is 19.3. The molecule has 2 aromatic rings. The molecule has 0 aliphatic heterocycles. The number of aryl methyl sites for hydroxylation is 3. The fraction of sp³-hybridized carbons (Fsp3) is 0.308. The topological polar surface area (TPSA) is 63.2 Å². The Morgan fingerprint density at radius 1 is 1.40 bits per heavy atom. The van der Waals surface area contributed by atoms with E-state index < -0.39 is 11.4 Å². The minimum atomic E-state index is -1.19. The van der Waals surface area contributed by atoms with Crippen LogP contribution in [0.25, 0.3) is 11.0 Å². The molecule has 0 aliphatic carbocycles. The third kappa shape index (κ3) is 3.13. The summed E-state index contributed by atoms with van der Waals surface area (Å²) >= 11 is 0. The number of carbonyl (C=O) groups is 1. The average molecular weight is 502 g/mol. The molecule has 5 nitrogen and oxygen atoms in total. The average Bonchev–Trinajstić information content (AvgIpc) is 2.34. The monoisotopic (exact) mass is 502 g/mol. The van der Waals surface area contributed by atoms with Crippen LogP contribution in [0.5, 0.6) is 0 Å². The van der Waals surface area contributed by atoms with Crippen molar-refractivity contribution in [2.45, 2.75) is 20.4 Å². The van der Waals surface area contributed by atoms with Crippen LogP contribution in [-0.4, -0.2) is 15.6 Å². The van der Waals surface area contributed by atoms with Crippen LogP contribution in [0.4, 0.5) is 0 Å². The maximum atomic E-state index is 12.1. The second kappa shape index (κ2) is 7.34. The van der Waals surface area contributed by atoms with Crippen molar-refractivity contribution < 1.29 is 38.4 Å². The fourth-order valence-electron chi connectivity index (χ4n) is 2.08. The number of aromatic nitrogens is 2. The van der Waals surface area contributed by atoms with Gasteiger partial charge in [-0.05, 0) is 26.0 Å². The third-order valence-corrected chi connectivity index (χ3v) is 3.20. The Balaban J connectivity index is 0.00000180. The number of fused-ring (bicyclic) bond motifs is 1. The highest BCUT2D eigenvalue weighted by Crippen LogP contribution is 2.09. The standard InChI is InChI=1S/C13H14N2O3.2HI/c1-4-15-7-10(13(17)18)11(16)9-6-5-8(2)14(3)12(9)15;;/h5-7H,4H2,1-3H3;2*1H. The maximum absolute atomic E-state index is 12.1. The van der Waals surface area contributed by atoms with Gasteiger partial charge in [-0.2, -0.15) is 0 Å². The lowest BCUT2D eigenvalue weighted by molar-refractivity contribution is -0.654. The van der Waals surface area contributed by atoms with Crippen LogP contribution >= 0.6 is 24.0 Å². The van der Waals surface area contributed by atoms with Crippen molar-refractivity contribution >= 4 is 41.0 Å². The lowest BCUT2D eigenvalue weighted by Gasteiger charge is -2.07. The summed E-state index contributed by atoms with van der Waals surface area (Å²) in [5.74, 6) is -1.19. The zero-order chi connectivity index (χ0) is 13.4. The van der Waals surface area contributed by atoms with Gasteiger partial charge in [0.1, 0.15) is 22.8 Å². The van der Waals surface area contributed by atoms with E-state index in [4.69, 9.17) is 5.11 Å². The molecule has 0 bridgehead atoms. The minimum absolute atomic E-state index is 0. The molecule has 0 saturated carbocycles. The molecule has 0 fully saturated rings. The van der Waals surface area contributed by atoms with Crippen LogP contribution in [0, 0.1) is 6.92 Å². The molecule has 0 saturated heterocycles. The van der Waals surface area contributed by atoms with Crippen molar-refractivity contribution in [2.75, 3.05) is 0 Å². The van der Waals surface area contributed by atoms with E-state index in [0.717, 1.165) is 11.3 Å². The van der Waals surface area contributed by atoms with Crippen molar-refractivity contribution in [3.05, 3.63) is 39.8 Å². The molecular formula is C13H16I2N2O3. The number of carboxylic acid groups (broad SMARTS) is 1. The van der Waals surface area contributed by atoms with E-state index in [1.807, 2.05) is 31.5 Å². The molecular weight excluding hydrogens is 486 g/mol. The van der Waals surface area contributed by atoms with Crippen molar-refractivity contribution in [3.8, 4) is 0 Å². The van der Waals surface area contributed by atoms with Gasteiger partial charge in [0.25, 0.3) is 5.65 Å². The number of hydrogen-bond acceptors (Lipinski definition) is 2. The number of pyridine rings is 2. The third-order valence-electron chi connectivity index (χ3n) is 3.20. The highest BCUT2D eigenvalue weighted by atomic mass is 127. The number of carboxylic acids is 1. The summed E-state index contributed by atoms with van der Waals surface area (Å²) in [5, 5.41) is 9.48. The van der Waals surface area contributed by atoms with Crippen molar-refractivity contribution in [1.29, 1.82) is 0 Å². The second-order valence-electron chi connectivity index (χ2n) is 4.23. The van der Waals surface area contributed by atoms with Crippen molar-refractivity contribution in [2.24, 2.45) is 7.05 Å². The van der Waals surface area contributed by atoms with Crippen LogP contribution in [-0.2, 0) is 13.6 Å². The van der Waals surface area contributed by atoms with Gasteiger partial charge in [-0.15, -0.1) is 24.0 Å². The van der Waals surface area contributed by atoms with Gasteiger partial charge in [0.15, 0.2) is 0 Å². The smallest absolute Gasteiger partial charge is 0.343 e. The highest BCUT2D eigenvalue weighted by molar-refractivity contribution is 14.0. The van der Waals surface area contributed by atoms with E-state index in [2.05, 4.69) is 0 Å². The fourth-order valence-corrected chi connectivity index (χ4v) is 2.08. The quantitative estimate of drug-likeness (QED) is 0.401. The molecule has 1 N–H and O–H groups in total. The second-order valence-corrected chi connectivity index (χ2v) is 4.23. The van der Waals surface area contributed by atoms with Gasteiger partial charge < -0.3 is 29.1 Å². The molecule has 2 rings (SSSR count). The summed E-state index contributed by atoms with van der Waals surface area (Å²) in [6, 6.07) is 3.50. The molecule has 2 aromatic heterocycles. The first-order valence-electron chi connectivity index (χ1n) is 5.73. The van der Waals surface area contributed by atoms with E-state index in [0.29, 0.717) is 11.9 Å². The largest absolute Gasteiger partial charge is 1.00 e. The Kier molecular flexibility index (Phi) is 7.08. The number of halogens is 2. The molecule has 0 radical (unpaired) electrons. The Labute approximate surface area is 150 Å². The van der Waals surface area contributed by atoms with E-state index >= 15 is 0 Å². The van der Waals surface area contributed by atoms with Crippen LogP contribution in [0.2, 0.25) is 0 Å². The summed E-state index contributed by atoms with van der Waals surface area (Å²) in [7, 11) is 1.86. The van der Waals surface area contributed by atoms with Crippen LogP contribution in [0.1, 0.15) is 23.0 Å². The Morgan fingerprint density at radius 2 is 2.00 bits per heavy atom. The number of rotatable bonds is 2. The summed E-state index contributed by atoms with van der Waals surface area (Å²) in [6.07, 6.45) is 1.41. The zero-order valence-electron chi connectivity index (χ0n) is 11.4. The van der Waals surface area contributed by atoms with Gasteiger partial charge in [-0.1, -0.05) is 0 Å². The molecule has 0 unspecified atom stereocenters. The Hall–Kier alpha value is -0.710. The number of nitrogens with zero attached hydrogens (tertiary/aromatic N) is 2. The lowest BCUT2D eigenvalue weighted by atomic mass is 10.1. The normalized spacial score (nSPS) is 9.75. The van der Waals surface area contributed by atoms with Gasteiger partial charge in [0, 0.05) is 0 Å².